The van der Waals surface area contributed by atoms with Crippen molar-refractivity contribution in [3.63, 3.8) is 0 Å². The number of Topliss-reactive ketones (excluding diaryl/α,β-unsaturated/α-hetero) is 1. The number of nitrogens with zero attached hydrogens (tertiary/aromatic N) is 2. The number of carbonyl (C=O) groups is 2. The molecular formula is C16H22N4O2. The second kappa shape index (κ2) is 8.07. The quantitative estimate of drug-likeness (QED) is 0.622. The summed E-state index contributed by atoms with van der Waals surface area (Å²) in [5.74, 6) is -0.606. The van der Waals surface area contributed by atoms with E-state index in [9.17, 15) is 9.59 Å². The molecule has 0 fully saturated rings. The molecule has 1 aromatic heterocycles. The summed E-state index contributed by atoms with van der Waals surface area (Å²) in [4.78, 5) is 31.9. The number of amides is 1. The maximum absolute atomic E-state index is 12.2. The molecule has 0 saturated carbocycles. The molecule has 0 spiro atoms. The van der Waals surface area contributed by atoms with Gasteiger partial charge in [-0.25, -0.2) is 0 Å². The van der Waals surface area contributed by atoms with E-state index in [0.29, 0.717) is 23.4 Å². The molecule has 0 atom stereocenters. The van der Waals surface area contributed by atoms with E-state index in [1.165, 1.54) is 13.1 Å². The Morgan fingerprint density at radius 3 is 2.64 bits per heavy atom. The van der Waals surface area contributed by atoms with Crippen LogP contribution in [-0.2, 0) is 4.79 Å². The highest BCUT2D eigenvalue weighted by Crippen LogP contribution is 2.22. The zero-order valence-electron chi connectivity index (χ0n) is 13.4. The molecule has 0 aliphatic carbocycles. The van der Waals surface area contributed by atoms with Gasteiger partial charge in [0.25, 0.3) is 0 Å². The molecule has 6 heteroatoms. The summed E-state index contributed by atoms with van der Waals surface area (Å²) in [6.07, 6.45) is 4.61. The lowest BCUT2D eigenvalue weighted by Crippen LogP contribution is -2.16. The minimum Gasteiger partial charge on any atom is -0.404 e. The number of anilines is 1. The lowest BCUT2D eigenvalue weighted by Gasteiger charge is -2.12. The van der Waals surface area contributed by atoms with E-state index in [1.54, 1.807) is 32.3 Å². The summed E-state index contributed by atoms with van der Waals surface area (Å²) in [7, 11) is 0. The van der Waals surface area contributed by atoms with Crippen molar-refractivity contribution in [3.05, 3.63) is 29.7 Å². The molecule has 0 aliphatic rings. The van der Waals surface area contributed by atoms with Gasteiger partial charge in [-0.15, -0.1) is 0 Å². The Labute approximate surface area is 130 Å². The molecule has 3 N–H and O–H groups in total. The summed E-state index contributed by atoms with van der Waals surface area (Å²) >= 11 is 0. The molecule has 1 aromatic rings. The van der Waals surface area contributed by atoms with Crippen LogP contribution in [0.5, 0.6) is 0 Å². The number of nitrogens with one attached hydrogen (secondary N) is 1. The van der Waals surface area contributed by atoms with Gasteiger partial charge < -0.3 is 11.1 Å². The van der Waals surface area contributed by atoms with Gasteiger partial charge in [-0.3, -0.25) is 19.6 Å². The predicted octanol–water partition coefficient (Wildman–Crippen LogP) is 2.27. The standard InChI is InChI=1S/C16H22N4O2/c1-5-18-8-13(7-17)12-6-14(20-11(4)21)15(19-9-12)16(22)10(2)3/h6-10H,5,17H2,1-4H3,(H,20,21)/b13-7+,18-8?. The highest BCUT2D eigenvalue weighted by atomic mass is 16.1. The van der Waals surface area contributed by atoms with Gasteiger partial charge >= 0.3 is 0 Å². The van der Waals surface area contributed by atoms with Crippen molar-refractivity contribution in [1.29, 1.82) is 0 Å². The van der Waals surface area contributed by atoms with Crippen molar-refractivity contribution in [2.45, 2.75) is 27.7 Å². The predicted molar refractivity (Wildman–Crippen MR) is 88.9 cm³/mol. The summed E-state index contributed by atoms with van der Waals surface area (Å²) in [6, 6.07) is 1.68. The fourth-order valence-electron chi connectivity index (χ4n) is 1.78. The van der Waals surface area contributed by atoms with Crippen molar-refractivity contribution >= 4 is 29.2 Å². The molecule has 22 heavy (non-hydrogen) atoms. The van der Waals surface area contributed by atoms with Crippen LogP contribution in [0.1, 0.15) is 43.7 Å². The van der Waals surface area contributed by atoms with Crippen LogP contribution in [0.15, 0.2) is 23.5 Å². The summed E-state index contributed by atoms with van der Waals surface area (Å²) in [6.45, 7) is 7.50. The lowest BCUT2D eigenvalue weighted by atomic mass is 10.0. The van der Waals surface area contributed by atoms with Crippen LogP contribution in [0.4, 0.5) is 5.69 Å². The summed E-state index contributed by atoms with van der Waals surface area (Å²) in [5.41, 5.74) is 7.59. The van der Waals surface area contributed by atoms with Gasteiger partial charge in [0.15, 0.2) is 5.78 Å². The fraction of sp³-hybridized carbons (Fsp3) is 0.375. The van der Waals surface area contributed by atoms with Crippen molar-refractivity contribution in [2.24, 2.45) is 16.6 Å². The van der Waals surface area contributed by atoms with E-state index in [0.717, 1.165) is 0 Å². The highest BCUT2D eigenvalue weighted by Gasteiger charge is 2.18. The zero-order valence-corrected chi connectivity index (χ0v) is 13.4. The van der Waals surface area contributed by atoms with Crippen molar-refractivity contribution in [3.8, 4) is 0 Å². The number of nitrogens with two attached hydrogens (primary N) is 1. The Morgan fingerprint density at radius 1 is 1.45 bits per heavy atom. The van der Waals surface area contributed by atoms with Gasteiger partial charge in [-0.2, -0.15) is 0 Å². The Morgan fingerprint density at radius 2 is 2.14 bits per heavy atom. The Balaban J connectivity index is 3.33. The molecule has 0 saturated heterocycles. The third-order valence-corrected chi connectivity index (χ3v) is 2.88. The second-order valence-electron chi connectivity index (χ2n) is 5.07. The first-order valence-electron chi connectivity index (χ1n) is 7.14. The minimum atomic E-state index is -0.266. The van der Waals surface area contributed by atoms with E-state index in [1.807, 2.05) is 6.92 Å². The van der Waals surface area contributed by atoms with Gasteiger partial charge in [0, 0.05) is 49.1 Å². The Bertz CT molecular complexity index is 619. The van der Waals surface area contributed by atoms with Crippen LogP contribution in [0.25, 0.3) is 5.57 Å². The molecule has 1 rings (SSSR count). The first-order valence-corrected chi connectivity index (χ1v) is 7.14. The smallest absolute Gasteiger partial charge is 0.221 e. The van der Waals surface area contributed by atoms with Crippen LogP contribution in [0, 0.1) is 5.92 Å². The number of aromatic nitrogens is 1. The Kier molecular flexibility index (Phi) is 6.44. The number of carbonyl (C=O) groups excluding carboxylic acids is 2. The SMILES string of the molecule is CCN=C/C(=C\N)c1cnc(C(=O)C(C)C)c(NC(C)=O)c1. The minimum absolute atomic E-state index is 0.129. The van der Waals surface area contributed by atoms with Crippen molar-refractivity contribution < 1.29 is 9.59 Å². The number of pyridine rings is 1. The molecule has 6 nitrogen and oxygen atoms in total. The third-order valence-electron chi connectivity index (χ3n) is 2.88. The maximum Gasteiger partial charge on any atom is 0.221 e. The normalized spacial score (nSPS) is 12.0. The number of hydrogen-bond donors (Lipinski definition) is 2. The van der Waals surface area contributed by atoms with Gasteiger partial charge in [0.1, 0.15) is 5.69 Å². The van der Waals surface area contributed by atoms with Crippen LogP contribution >= 0.6 is 0 Å². The number of hydrogen-bond acceptors (Lipinski definition) is 5. The fourth-order valence-corrected chi connectivity index (χ4v) is 1.78. The van der Waals surface area contributed by atoms with Gasteiger partial charge in [0.2, 0.25) is 5.91 Å². The van der Waals surface area contributed by atoms with Crippen molar-refractivity contribution in [2.75, 3.05) is 11.9 Å². The van der Waals surface area contributed by atoms with Crippen LogP contribution in [-0.4, -0.2) is 29.4 Å². The van der Waals surface area contributed by atoms with Gasteiger partial charge in [-0.1, -0.05) is 13.8 Å². The number of ketones is 1. The van der Waals surface area contributed by atoms with E-state index < -0.39 is 0 Å². The van der Waals surface area contributed by atoms with Gasteiger partial charge in [0.05, 0.1) is 5.69 Å². The molecule has 0 radical (unpaired) electrons. The van der Waals surface area contributed by atoms with Crippen LogP contribution in [0.2, 0.25) is 0 Å². The Hall–Kier alpha value is -2.50. The van der Waals surface area contributed by atoms with Gasteiger partial charge in [-0.05, 0) is 13.0 Å². The molecule has 1 heterocycles. The number of aliphatic imine (C=N–C) groups is 1. The van der Waals surface area contributed by atoms with E-state index in [2.05, 4.69) is 15.3 Å². The van der Waals surface area contributed by atoms with E-state index >= 15 is 0 Å². The van der Waals surface area contributed by atoms with E-state index in [-0.39, 0.29) is 23.3 Å². The van der Waals surface area contributed by atoms with Crippen molar-refractivity contribution in [1.82, 2.24) is 4.98 Å². The monoisotopic (exact) mass is 302 g/mol. The molecular weight excluding hydrogens is 280 g/mol. The summed E-state index contributed by atoms with van der Waals surface area (Å²) in [5, 5.41) is 2.65. The largest absolute Gasteiger partial charge is 0.404 e. The number of allylic oxidation sites excluding steroid dienone is 1. The number of rotatable bonds is 6. The lowest BCUT2D eigenvalue weighted by molar-refractivity contribution is -0.114. The van der Waals surface area contributed by atoms with Crippen LogP contribution in [0.3, 0.4) is 0 Å². The second-order valence-corrected chi connectivity index (χ2v) is 5.07. The third kappa shape index (κ3) is 4.51. The maximum atomic E-state index is 12.2. The molecule has 0 bridgehead atoms. The first-order chi connectivity index (χ1) is 10.4. The highest BCUT2D eigenvalue weighted by molar-refractivity contribution is 6.11. The zero-order chi connectivity index (χ0) is 16.7. The molecule has 0 unspecified atom stereocenters. The van der Waals surface area contributed by atoms with E-state index in [4.69, 9.17) is 5.73 Å². The average molecular weight is 302 g/mol. The van der Waals surface area contributed by atoms with Crippen LogP contribution < -0.4 is 11.1 Å². The average Bonchev–Trinajstić information content (AvgIpc) is 2.47. The topological polar surface area (TPSA) is 97.4 Å². The molecule has 118 valence electrons. The summed E-state index contributed by atoms with van der Waals surface area (Å²) < 4.78 is 0. The molecule has 0 aromatic carbocycles. The molecule has 1 amide bonds. The molecule has 0 aliphatic heterocycles. The first kappa shape index (κ1) is 17.6.